The minimum Gasteiger partial charge on any atom is -0.233 e. The van der Waals surface area contributed by atoms with Crippen LogP contribution in [0.15, 0.2) is 7.70 Å². The van der Waals surface area contributed by atoms with E-state index in [1.54, 1.807) is 11.3 Å². The Labute approximate surface area is 99.2 Å². The molecule has 0 spiro atoms. The maximum absolute atomic E-state index is 4.52. The highest BCUT2D eigenvalue weighted by molar-refractivity contribution is 9.12. The van der Waals surface area contributed by atoms with Gasteiger partial charge in [0.2, 0.25) is 0 Å². The third-order valence-electron chi connectivity index (χ3n) is 2.58. The summed E-state index contributed by atoms with van der Waals surface area (Å²) in [5, 5.41) is 0. The van der Waals surface area contributed by atoms with Gasteiger partial charge in [0.15, 0.2) is 3.92 Å². The fourth-order valence-corrected chi connectivity index (χ4v) is 4.72. The van der Waals surface area contributed by atoms with Gasteiger partial charge in [-0.2, -0.15) is 0 Å². The van der Waals surface area contributed by atoms with E-state index in [0.717, 1.165) is 3.92 Å². The molecule has 4 heteroatoms. The molecule has 0 unspecified atom stereocenters. The van der Waals surface area contributed by atoms with E-state index in [-0.39, 0.29) is 0 Å². The smallest absolute Gasteiger partial charge is 0.160 e. The lowest BCUT2D eigenvalue weighted by atomic mass is 9.87. The van der Waals surface area contributed by atoms with E-state index < -0.39 is 0 Å². The lowest BCUT2D eigenvalue weighted by molar-refractivity contribution is 0.437. The first-order valence-corrected chi connectivity index (χ1v) is 6.99. The minimum absolute atomic E-state index is 0.700. The Morgan fingerprint density at radius 1 is 1.15 bits per heavy atom. The topological polar surface area (TPSA) is 12.9 Å². The van der Waals surface area contributed by atoms with E-state index in [0.29, 0.717) is 5.92 Å². The first-order valence-electron chi connectivity index (χ1n) is 4.59. The van der Waals surface area contributed by atoms with Crippen molar-refractivity contribution in [3.05, 3.63) is 13.4 Å². The second-order valence-electron chi connectivity index (χ2n) is 3.46. The molecule has 1 aliphatic rings. The number of hydrogen-bond donors (Lipinski definition) is 0. The Morgan fingerprint density at radius 3 is 2.38 bits per heavy atom. The molecular formula is C9H11Br2NS. The second-order valence-corrected chi connectivity index (χ2v) is 7.05. The summed E-state index contributed by atoms with van der Waals surface area (Å²) in [5.74, 6) is 0.700. The summed E-state index contributed by atoms with van der Waals surface area (Å²) in [6.45, 7) is 0. The van der Waals surface area contributed by atoms with Gasteiger partial charge >= 0.3 is 0 Å². The number of rotatable bonds is 1. The SMILES string of the molecule is Brc1nc(C2CCCCC2)c(Br)s1. The van der Waals surface area contributed by atoms with Crippen molar-refractivity contribution in [2.75, 3.05) is 0 Å². The number of halogens is 2. The molecule has 0 saturated heterocycles. The molecule has 0 radical (unpaired) electrons. The average molecular weight is 325 g/mol. The predicted molar refractivity (Wildman–Crippen MR) is 63.3 cm³/mol. The highest BCUT2D eigenvalue weighted by Crippen LogP contribution is 2.39. The van der Waals surface area contributed by atoms with Crippen molar-refractivity contribution in [2.24, 2.45) is 0 Å². The maximum Gasteiger partial charge on any atom is 0.160 e. The average Bonchev–Trinajstić information content (AvgIpc) is 2.47. The highest BCUT2D eigenvalue weighted by atomic mass is 79.9. The van der Waals surface area contributed by atoms with Gasteiger partial charge in [-0.25, -0.2) is 4.98 Å². The van der Waals surface area contributed by atoms with Crippen molar-refractivity contribution in [1.29, 1.82) is 0 Å². The van der Waals surface area contributed by atoms with E-state index in [9.17, 15) is 0 Å². The zero-order chi connectivity index (χ0) is 9.26. The molecule has 0 atom stereocenters. The van der Waals surface area contributed by atoms with Crippen molar-refractivity contribution >= 4 is 43.2 Å². The third kappa shape index (κ3) is 2.34. The summed E-state index contributed by atoms with van der Waals surface area (Å²) in [6, 6.07) is 0. The van der Waals surface area contributed by atoms with E-state index >= 15 is 0 Å². The first-order chi connectivity index (χ1) is 6.27. The summed E-state index contributed by atoms with van der Waals surface area (Å²) in [7, 11) is 0. The van der Waals surface area contributed by atoms with Crippen LogP contribution in [-0.4, -0.2) is 4.98 Å². The molecule has 1 saturated carbocycles. The fourth-order valence-electron chi connectivity index (χ4n) is 1.92. The van der Waals surface area contributed by atoms with Gasteiger partial charge < -0.3 is 0 Å². The molecule has 1 aromatic rings. The normalized spacial score (nSPS) is 19.2. The Bertz CT molecular complexity index is 292. The molecule has 1 nitrogen and oxygen atoms in total. The summed E-state index contributed by atoms with van der Waals surface area (Å²) >= 11 is 8.69. The molecular weight excluding hydrogens is 314 g/mol. The zero-order valence-electron chi connectivity index (χ0n) is 7.22. The van der Waals surface area contributed by atoms with Crippen molar-refractivity contribution < 1.29 is 0 Å². The van der Waals surface area contributed by atoms with Crippen molar-refractivity contribution in [1.82, 2.24) is 4.98 Å². The Hall–Kier alpha value is 0.590. The van der Waals surface area contributed by atoms with Gasteiger partial charge in [0.1, 0.15) is 0 Å². The quantitative estimate of drug-likeness (QED) is 0.728. The van der Waals surface area contributed by atoms with E-state index in [4.69, 9.17) is 0 Å². The van der Waals surface area contributed by atoms with Crippen LogP contribution >= 0.6 is 43.2 Å². The van der Waals surface area contributed by atoms with Crippen LogP contribution < -0.4 is 0 Å². The second kappa shape index (κ2) is 4.41. The lowest BCUT2D eigenvalue weighted by Gasteiger charge is -2.19. The number of thiazole rings is 1. The molecule has 1 fully saturated rings. The van der Waals surface area contributed by atoms with Crippen LogP contribution in [0.5, 0.6) is 0 Å². The van der Waals surface area contributed by atoms with Crippen molar-refractivity contribution in [3.63, 3.8) is 0 Å². The van der Waals surface area contributed by atoms with Crippen LogP contribution in [0.1, 0.15) is 43.7 Å². The molecule has 0 aromatic carbocycles. The molecule has 72 valence electrons. The maximum atomic E-state index is 4.52. The molecule has 0 amide bonds. The summed E-state index contributed by atoms with van der Waals surface area (Å²) in [5.41, 5.74) is 1.27. The molecule has 0 bridgehead atoms. The molecule has 0 aliphatic heterocycles. The summed E-state index contributed by atoms with van der Waals surface area (Å²) in [4.78, 5) is 4.52. The first kappa shape index (κ1) is 10.1. The van der Waals surface area contributed by atoms with Crippen LogP contribution in [0.25, 0.3) is 0 Å². The minimum atomic E-state index is 0.700. The third-order valence-corrected chi connectivity index (χ3v) is 4.78. The number of aromatic nitrogens is 1. The molecule has 1 heterocycles. The highest BCUT2D eigenvalue weighted by Gasteiger charge is 2.20. The molecule has 1 aromatic heterocycles. The fraction of sp³-hybridized carbons (Fsp3) is 0.667. The molecule has 13 heavy (non-hydrogen) atoms. The monoisotopic (exact) mass is 323 g/mol. The van der Waals surface area contributed by atoms with Crippen LogP contribution in [-0.2, 0) is 0 Å². The Kier molecular flexibility index (Phi) is 3.43. The van der Waals surface area contributed by atoms with E-state index in [1.807, 2.05) is 0 Å². The van der Waals surface area contributed by atoms with Gasteiger partial charge in [0.25, 0.3) is 0 Å². The van der Waals surface area contributed by atoms with E-state index in [2.05, 4.69) is 36.8 Å². The largest absolute Gasteiger partial charge is 0.233 e. The number of nitrogens with zero attached hydrogens (tertiary/aromatic N) is 1. The van der Waals surface area contributed by atoms with Gasteiger partial charge in [0, 0.05) is 5.92 Å². The predicted octanol–water partition coefficient (Wildman–Crippen LogP) is 4.72. The lowest BCUT2D eigenvalue weighted by Crippen LogP contribution is -2.05. The molecule has 2 rings (SSSR count). The Morgan fingerprint density at radius 2 is 1.85 bits per heavy atom. The van der Waals surface area contributed by atoms with Crippen LogP contribution in [0.4, 0.5) is 0 Å². The summed E-state index contributed by atoms with van der Waals surface area (Å²) < 4.78 is 2.21. The van der Waals surface area contributed by atoms with Gasteiger partial charge in [-0.3, -0.25) is 0 Å². The standard InChI is InChI=1S/C9H11Br2NS/c10-8-7(12-9(11)13-8)6-4-2-1-3-5-6/h6H,1-5H2. The van der Waals surface area contributed by atoms with Gasteiger partial charge in [-0.1, -0.05) is 30.6 Å². The zero-order valence-corrected chi connectivity index (χ0v) is 11.2. The molecule has 1 aliphatic carbocycles. The van der Waals surface area contributed by atoms with E-state index in [1.165, 1.54) is 41.6 Å². The van der Waals surface area contributed by atoms with Crippen molar-refractivity contribution in [3.8, 4) is 0 Å². The van der Waals surface area contributed by atoms with Crippen LogP contribution in [0.3, 0.4) is 0 Å². The van der Waals surface area contributed by atoms with Gasteiger partial charge in [-0.05, 0) is 44.7 Å². The van der Waals surface area contributed by atoms with Gasteiger partial charge in [-0.15, -0.1) is 0 Å². The summed E-state index contributed by atoms with van der Waals surface area (Å²) in [6.07, 6.45) is 6.77. The van der Waals surface area contributed by atoms with Crippen molar-refractivity contribution in [2.45, 2.75) is 38.0 Å². The van der Waals surface area contributed by atoms with Crippen LogP contribution in [0, 0.1) is 0 Å². The Balaban J connectivity index is 2.18. The number of hydrogen-bond acceptors (Lipinski definition) is 2. The molecule has 0 N–H and O–H groups in total. The van der Waals surface area contributed by atoms with Gasteiger partial charge in [0.05, 0.1) is 9.48 Å². The van der Waals surface area contributed by atoms with Crippen LogP contribution in [0.2, 0.25) is 0 Å².